The maximum atomic E-state index is 11.7. The van der Waals surface area contributed by atoms with E-state index >= 15 is 0 Å². The van der Waals surface area contributed by atoms with Crippen molar-refractivity contribution in [3.05, 3.63) is 33.4 Å². The summed E-state index contributed by atoms with van der Waals surface area (Å²) >= 11 is 2.25. The van der Waals surface area contributed by atoms with Gasteiger partial charge in [0.1, 0.15) is 5.54 Å². The van der Waals surface area contributed by atoms with Gasteiger partial charge in [0.25, 0.3) is 0 Å². The van der Waals surface area contributed by atoms with Crippen LogP contribution in [-0.2, 0) is 10.3 Å². The summed E-state index contributed by atoms with van der Waals surface area (Å²) in [6.45, 7) is 2.73. The Kier molecular flexibility index (Phi) is 3.73. The fraction of sp³-hybridized carbons (Fsp3) is 0.462. The first-order chi connectivity index (χ1) is 8.02. The third-order valence-corrected chi connectivity index (χ3v) is 4.07. The van der Waals surface area contributed by atoms with Gasteiger partial charge in [-0.15, -0.1) is 0 Å². The first-order valence-corrected chi connectivity index (χ1v) is 6.91. The molecule has 0 heterocycles. The van der Waals surface area contributed by atoms with E-state index in [2.05, 4.69) is 27.9 Å². The Bertz CT molecular complexity index is 414. The Morgan fingerprint density at radius 3 is 2.53 bits per heavy atom. The normalized spacial score (nSPS) is 18.7. The molecule has 0 saturated heterocycles. The van der Waals surface area contributed by atoms with E-state index in [1.807, 2.05) is 31.2 Å². The van der Waals surface area contributed by atoms with Crippen LogP contribution in [0.2, 0.25) is 0 Å². The van der Waals surface area contributed by atoms with Gasteiger partial charge in [-0.3, -0.25) is 10.1 Å². The van der Waals surface area contributed by atoms with E-state index in [0.717, 1.165) is 21.6 Å². The van der Waals surface area contributed by atoms with Gasteiger partial charge in [-0.25, -0.2) is 0 Å². The summed E-state index contributed by atoms with van der Waals surface area (Å²) < 4.78 is 1.15. The SMILES string of the molecule is CC(NCC1CC1)(C(N)=O)c1ccc(I)cc1. The Morgan fingerprint density at radius 2 is 2.06 bits per heavy atom. The molecule has 1 unspecified atom stereocenters. The molecule has 1 aromatic rings. The highest BCUT2D eigenvalue weighted by atomic mass is 127. The molecule has 17 heavy (non-hydrogen) atoms. The number of nitrogens with two attached hydrogens (primary N) is 1. The van der Waals surface area contributed by atoms with Crippen LogP contribution in [0.25, 0.3) is 0 Å². The minimum absolute atomic E-state index is 0.320. The van der Waals surface area contributed by atoms with Crippen LogP contribution in [0.5, 0.6) is 0 Å². The monoisotopic (exact) mass is 344 g/mol. The average molecular weight is 344 g/mol. The zero-order valence-electron chi connectivity index (χ0n) is 9.87. The molecule has 92 valence electrons. The van der Waals surface area contributed by atoms with Crippen molar-refractivity contribution in [2.45, 2.75) is 25.3 Å². The minimum atomic E-state index is -0.757. The molecule has 2 rings (SSSR count). The maximum Gasteiger partial charge on any atom is 0.242 e. The molecular weight excluding hydrogens is 327 g/mol. The Labute approximate surface area is 115 Å². The largest absolute Gasteiger partial charge is 0.368 e. The van der Waals surface area contributed by atoms with Crippen LogP contribution in [-0.4, -0.2) is 12.5 Å². The summed E-state index contributed by atoms with van der Waals surface area (Å²) in [7, 11) is 0. The van der Waals surface area contributed by atoms with Crippen molar-refractivity contribution >= 4 is 28.5 Å². The summed E-state index contributed by atoms with van der Waals surface area (Å²) in [4.78, 5) is 11.7. The number of nitrogens with one attached hydrogen (secondary N) is 1. The topological polar surface area (TPSA) is 55.1 Å². The molecule has 1 aliphatic carbocycles. The van der Waals surface area contributed by atoms with Crippen molar-refractivity contribution in [1.82, 2.24) is 5.32 Å². The third kappa shape index (κ3) is 2.98. The van der Waals surface area contributed by atoms with Gasteiger partial charge in [0.2, 0.25) is 5.91 Å². The lowest BCUT2D eigenvalue weighted by Gasteiger charge is -2.28. The smallest absolute Gasteiger partial charge is 0.242 e. The molecule has 1 fully saturated rings. The van der Waals surface area contributed by atoms with Crippen LogP contribution in [0, 0.1) is 9.49 Å². The molecule has 3 nitrogen and oxygen atoms in total. The van der Waals surface area contributed by atoms with Crippen molar-refractivity contribution < 1.29 is 4.79 Å². The van der Waals surface area contributed by atoms with E-state index < -0.39 is 5.54 Å². The van der Waals surface area contributed by atoms with Gasteiger partial charge in [0.05, 0.1) is 0 Å². The summed E-state index contributed by atoms with van der Waals surface area (Å²) in [5, 5.41) is 3.32. The zero-order chi connectivity index (χ0) is 12.5. The van der Waals surface area contributed by atoms with Crippen LogP contribution in [0.3, 0.4) is 0 Å². The number of amides is 1. The van der Waals surface area contributed by atoms with Crippen molar-refractivity contribution in [3.63, 3.8) is 0 Å². The van der Waals surface area contributed by atoms with E-state index in [1.165, 1.54) is 12.8 Å². The second kappa shape index (κ2) is 4.94. The van der Waals surface area contributed by atoms with Crippen LogP contribution in [0.1, 0.15) is 25.3 Å². The number of hydrogen-bond donors (Lipinski definition) is 2. The van der Waals surface area contributed by atoms with Crippen molar-refractivity contribution in [1.29, 1.82) is 0 Å². The van der Waals surface area contributed by atoms with Crippen LogP contribution in [0.4, 0.5) is 0 Å². The predicted molar refractivity (Wildman–Crippen MR) is 76.4 cm³/mol. The van der Waals surface area contributed by atoms with E-state index in [1.54, 1.807) is 0 Å². The van der Waals surface area contributed by atoms with Crippen molar-refractivity contribution in [3.8, 4) is 0 Å². The van der Waals surface area contributed by atoms with Gasteiger partial charge in [-0.1, -0.05) is 12.1 Å². The molecule has 0 aliphatic heterocycles. The Hall–Kier alpha value is -0.620. The predicted octanol–water partition coefficient (Wildman–Crippen LogP) is 1.99. The van der Waals surface area contributed by atoms with Crippen molar-refractivity contribution in [2.24, 2.45) is 11.7 Å². The van der Waals surface area contributed by atoms with Gasteiger partial charge >= 0.3 is 0 Å². The molecule has 1 aromatic carbocycles. The lowest BCUT2D eigenvalue weighted by Crippen LogP contribution is -2.51. The van der Waals surface area contributed by atoms with E-state index in [4.69, 9.17) is 5.73 Å². The molecule has 0 spiro atoms. The summed E-state index contributed by atoms with van der Waals surface area (Å²) in [6.07, 6.45) is 2.52. The third-order valence-electron chi connectivity index (χ3n) is 3.36. The van der Waals surface area contributed by atoms with Gasteiger partial charge in [-0.05, 0) is 72.5 Å². The molecule has 1 atom stereocenters. The number of primary amides is 1. The highest BCUT2D eigenvalue weighted by Gasteiger charge is 2.34. The van der Waals surface area contributed by atoms with Crippen LogP contribution >= 0.6 is 22.6 Å². The quantitative estimate of drug-likeness (QED) is 0.803. The molecule has 4 heteroatoms. The van der Waals surface area contributed by atoms with Gasteiger partial charge in [0, 0.05) is 3.57 Å². The van der Waals surface area contributed by atoms with Gasteiger partial charge < -0.3 is 5.73 Å². The first-order valence-electron chi connectivity index (χ1n) is 5.83. The fourth-order valence-corrected chi connectivity index (χ4v) is 2.14. The molecule has 0 radical (unpaired) electrons. The fourth-order valence-electron chi connectivity index (χ4n) is 1.79. The summed E-state index contributed by atoms with van der Waals surface area (Å²) in [5.74, 6) is 0.400. The molecule has 3 N–H and O–H groups in total. The van der Waals surface area contributed by atoms with E-state index in [9.17, 15) is 4.79 Å². The highest BCUT2D eigenvalue weighted by Crippen LogP contribution is 2.30. The Morgan fingerprint density at radius 1 is 1.47 bits per heavy atom. The second-order valence-corrected chi connectivity index (χ2v) is 6.07. The number of halogens is 1. The summed E-state index contributed by atoms with van der Waals surface area (Å²) in [6, 6.07) is 7.92. The number of rotatable bonds is 5. The maximum absolute atomic E-state index is 11.7. The lowest BCUT2D eigenvalue weighted by molar-refractivity contribution is -0.124. The van der Waals surface area contributed by atoms with Crippen LogP contribution < -0.4 is 11.1 Å². The molecule has 1 amide bonds. The number of hydrogen-bond acceptors (Lipinski definition) is 2. The summed E-state index contributed by atoms with van der Waals surface area (Å²) in [5.41, 5.74) is 5.72. The second-order valence-electron chi connectivity index (χ2n) is 4.82. The number of carbonyl (C=O) groups is 1. The number of carbonyl (C=O) groups excluding carboxylic acids is 1. The molecule has 1 saturated carbocycles. The van der Waals surface area contributed by atoms with Gasteiger partial charge in [-0.2, -0.15) is 0 Å². The van der Waals surface area contributed by atoms with E-state index in [0.29, 0.717) is 0 Å². The minimum Gasteiger partial charge on any atom is -0.368 e. The molecule has 0 bridgehead atoms. The molecular formula is C13H17IN2O. The zero-order valence-corrected chi connectivity index (χ0v) is 12.0. The first kappa shape index (κ1) is 12.8. The molecule has 1 aliphatic rings. The lowest BCUT2D eigenvalue weighted by atomic mass is 9.91. The number of benzene rings is 1. The van der Waals surface area contributed by atoms with Gasteiger partial charge in [0.15, 0.2) is 0 Å². The van der Waals surface area contributed by atoms with E-state index in [-0.39, 0.29) is 5.91 Å². The Balaban J connectivity index is 2.19. The average Bonchev–Trinajstić information content (AvgIpc) is 3.10. The highest BCUT2D eigenvalue weighted by molar-refractivity contribution is 14.1. The van der Waals surface area contributed by atoms with Crippen LogP contribution in [0.15, 0.2) is 24.3 Å². The standard InChI is InChI=1S/C13H17IN2O/c1-13(12(15)17,16-8-9-2-3-9)10-4-6-11(14)7-5-10/h4-7,9,16H,2-3,8H2,1H3,(H2,15,17). The molecule has 0 aromatic heterocycles. The van der Waals surface area contributed by atoms with Crippen molar-refractivity contribution in [2.75, 3.05) is 6.54 Å².